The minimum Gasteiger partial charge on any atom is -0.368 e. The van der Waals surface area contributed by atoms with Crippen LogP contribution in [0.3, 0.4) is 0 Å². The molecule has 0 aliphatic heterocycles. The van der Waals surface area contributed by atoms with Crippen molar-refractivity contribution in [2.75, 3.05) is 11.9 Å². The lowest BCUT2D eigenvalue weighted by atomic mass is 10.0. The minimum absolute atomic E-state index is 0.174. The second kappa shape index (κ2) is 6.17. The molecule has 0 unspecified atom stereocenters. The van der Waals surface area contributed by atoms with E-state index >= 15 is 0 Å². The van der Waals surface area contributed by atoms with Crippen molar-refractivity contribution < 1.29 is 4.79 Å². The van der Waals surface area contributed by atoms with Gasteiger partial charge in [-0.3, -0.25) is 4.79 Å². The normalized spacial score (nSPS) is 13.7. The first kappa shape index (κ1) is 13.9. The zero-order valence-corrected chi connectivity index (χ0v) is 12.4. The third-order valence-electron chi connectivity index (χ3n) is 3.45. The molecule has 2 heterocycles. The van der Waals surface area contributed by atoms with Crippen molar-refractivity contribution in [1.29, 1.82) is 0 Å². The third kappa shape index (κ3) is 3.36. The Hall–Kier alpha value is -2.02. The van der Waals surface area contributed by atoms with Crippen molar-refractivity contribution in [3.8, 4) is 0 Å². The molecule has 21 heavy (non-hydrogen) atoms. The SMILES string of the molecule is NC(=O)c1ccc(NCCc2nc3c(s2)CCCC3)nn1. The summed E-state index contributed by atoms with van der Waals surface area (Å²) in [6, 6.07) is 3.28. The fourth-order valence-electron chi connectivity index (χ4n) is 2.37. The predicted molar refractivity (Wildman–Crippen MR) is 81.5 cm³/mol. The highest BCUT2D eigenvalue weighted by molar-refractivity contribution is 7.11. The number of anilines is 1. The molecule has 0 saturated carbocycles. The Kier molecular flexibility index (Phi) is 4.10. The Morgan fingerprint density at radius 3 is 2.86 bits per heavy atom. The molecule has 7 heteroatoms. The van der Waals surface area contributed by atoms with Crippen LogP contribution in [0.2, 0.25) is 0 Å². The number of carbonyl (C=O) groups excluding carboxylic acids is 1. The summed E-state index contributed by atoms with van der Waals surface area (Å²) in [5.74, 6) is 0.0729. The van der Waals surface area contributed by atoms with E-state index in [-0.39, 0.29) is 5.69 Å². The number of aryl methyl sites for hydroxylation is 2. The van der Waals surface area contributed by atoms with E-state index in [0.717, 1.165) is 19.4 Å². The number of nitrogens with two attached hydrogens (primary N) is 1. The molecule has 3 N–H and O–H groups in total. The number of primary amides is 1. The fraction of sp³-hybridized carbons (Fsp3) is 0.429. The maximum absolute atomic E-state index is 10.9. The molecular formula is C14H17N5OS. The van der Waals surface area contributed by atoms with Gasteiger partial charge in [0.05, 0.1) is 10.7 Å². The quantitative estimate of drug-likeness (QED) is 0.874. The van der Waals surface area contributed by atoms with Crippen LogP contribution in [0.5, 0.6) is 0 Å². The number of hydrogen-bond acceptors (Lipinski definition) is 6. The summed E-state index contributed by atoms with van der Waals surface area (Å²) in [6.45, 7) is 0.747. The van der Waals surface area contributed by atoms with Gasteiger partial charge in [-0.15, -0.1) is 21.5 Å². The molecule has 2 aromatic heterocycles. The molecule has 2 aromatic rings. The minimum atomic E-state index is -0.567. The highest BCUT2D eigenvalue weighted by Gasteiger charge is 2.14. The van der Waals surface area contributed by atoms with Crippen molar-refractivity contribution in [1.82, 2.24) is 15.2 Å². The van der Waals surface area contributed by atoms with Crippen LogP contribution in [0.4, 0.5) is 5.82 Å². The number of aromatic nitrogens is 3. The van der Waals surface area contributed by atoms with E-state index in [4.69, 9.17) is 10.7 Å². The molecule has 0 atom stereocenters. The van der Waals surface area contributed by atoms with E-state index in [0.29, 0.717) is 5.82 Å². The molecule has 6 nitrogen and oxygen atoms in total. The largest absolute Gasteiger partial charge is 0.368 e. The van der Waals surface area contributed by atoms with Crippen LogP contribution in [0.1, 0.15) is 38.9 Å². The van der Waals surface area contributed by atoms with Gasteiger partial charge in [0.2, 0.25) is 0 Å². The van der Waals surface area contributed by atoms with Gasteiger partial charge in [-0.05, 0) is 37.8 Å². The van der Waals surface area contributed by atoms with E-state index in [9.17, 15) is 4.79 Å². The zero-order valence-electron chi connectivity index (χ0n) is 11.6. The van der Waals surface area contributed by atoms with Gasteiger partial charge < -0.3 is 11.1 Å². The predicted octanol–water partition coefficient (Wildman–Crippen LogP) is 1.57. The van der Waals surface area contributed by atoms with E-state index in [1.165, 1.54) is 34.8 Å². The summed E-state index contributed by atoms with van der Waals surface area (Å²) in [7, 11) is 0. The lowest BCUT2D eigenvalue weighted by molar-refractivity contribution is 0.0994. The number of amides is 1. The molecule has 0 aromatic carbocycles. The van der Waals surface area contributed by atoms with E-state index in [1.807, 2.05) is 11.3 Å². The van der Waals surface area contributed by atoms with Gasteiger partial charge in [-0.2, -0.15) is 0 Å². The number of nitrogens with one attached hydrogen (secondary N) is 1. The molecule has 1 amide bonds. The Balaban J connectivity index is 1.53. The number of rotatable bonds is 5. The lowest BCUT2D eigenvalue weighted by Crippen LogP contribution is -2.14. The zero-order chi connectivity index (χ0) is 14.7. The third-order valence-corrected chi connectivity index (χ3v) is 4.67. The Morgan fingerprint density at radius 1 is 1.29 bits per heavy atom. The summed E-state index contributed by atoms with van der Waals surface area (Å²) in [5.41, 5.74) is 6.59. The van der Waals surface area contributed by atoms with Gasteiger partial charge in [0.1, 0.15) is 5.82 Å². The van der Waals surface area contributed by atoms with Crippen molar-refractivity contribution >= 4 is 23.1 Å². The number of fused-ring (bicyclic) bond motifs is 1. The van der Waals surface area contributed by atoms with E-state index < -0.39 is 5.91 Å². The van der Waals surface area contributed by atoms with E-state index in [1.54, 1.807) is 12.1 Å². The Labute approximate surface area is 126 Å². The topological polar surface area (TPSA) is 93.8 Å². The van der Waals surface area contributed by atoms with Crippen molar-refractivity contribution in [3.63, 3.8) is 0 Å². The number of hydrogen-bond donors (Lipinski definition) is 2. The molecule has 0 radical (unpaired) electrons. The van der Waals surface area contributed by atoms with Crippen LogP contribution in [-0.2, 0) is 19.3 Å². The molecule has 1 aliphatic carbocycles. The summed E-state index contributed by atoms with van der Waals surface area (Å²) in [4.78, 5) is 17.1. The average Bonchev–Trinajstić information content (AvgIpc) is 2.90. The summed E-state index contributed by atoms with van der Waals surface area (Å²) in [6.07, 6.45) is 5.72. The van der Waals surface area contributed by atoms with Crippen LogP contribution in [-0.4, -0.2) is 27.6 Å². The second-order valence-corrected chi connectivity index (χ2v) is 6.20. The monoisotopic (exact) mass is 303 g/mol. The first-order valence-electron chi connectivity index (χ1n) is 7.07. The first-order valence-corrected chi connectivity index (χ1v) is 7.89. The summed E-state index contributed by atoms with van der Waals surface area (Å²) in [5, 5.41) is 12.0. The molecule has 110 valence electrons. The number of nitrogens with zero attached hydrogens (tertiary/aromatic N) is 3. The van der Waals surface area contributed by atoms with Crippen LogP contribution in [0.15, 0.2) is 12.1 Å². The van der Waals surface area contributed by atoms with Gasteiger partial charge in [0, 0.05) is 17.8 Å². The molecule has 0 saturated heterocycles. The lowest BCUT2D eigenvalue weighted by Gasteiger charge is -2.06. The molecule has 3 rings (SSSR count). The fourth-order valence-corrected chi connectivity index (χ4v) is 3.52. The summed E-state index contributed by atoms with van der Waals surface area (Å²) < 4.78 is 0. The van der Waals surface area contributed by atoms with Crippen molar-refractivity contribution in [3.05, 3.63) is 33.4 Å². The standard InChI is InChI=1S/C14H17N5OS/c15-14(20)10-5-6-12(19-18-10)16-8-7-13-17-9-3-1-2-4-11(9)21-13/h5-6H,1-4,7-8H2,(H2,15,20)(H,16,19). The second-order valence-electron chi connectivity index (χ2n) is 5.03. The van der Waals surface area contributed by atoms with Crippen LogP contribution >= 0.6 is 11.3 Å². The highest BCUT2D eigenvalue weighted by atomic mass is 32.1. The van der Waals surface area contributed by atoms with E-state index in [2.05, 4.69) is 15.5 Å². The Morgan fingerprint density at radius 2 is 2.14 bits per heavy atom. The molecule has 1 aliphatic rings. The number of carbonyl (C=O) groups is 1. The van der Waals surface area contributed by atoms with Gasteiger partial charge in [-0.1, -0.05) is 0 Å². The maximum Gasteiger partial charge on any atom is 0.269 e. The summed E-state index contributed by atoms with van der Waals surface area (Å²) >= 11 is 1.83. The van der Waals surface area contributed by atoms with Crippen molar-refractivity contribution in [2.45, 2.75) is 32.1 Å². The molecule has 0 bridgehead atoms. The van der Waals surface area contributed by atoms with Crippen LogP contribution in [0.25, 0.3) is 0 Å². The Bertz CT molecular complexity index is 614. The smallest absolute Gasteiger partial charge is 0.269 e. The van der Waals surface area contributed by atoms with Crippen molar-refractivity contribution in [2.24, 2.45) is 5.73 Å². The molecule has 0 spiro atoms. The average molecular weight is 303 g/mol. The number of thiazole rings is 1. The van der Waals surface area contributed by atoms with Gasteiger partial charge in [-0.25, -0.2) is 4.98 Å². The maximum atomic E-state index is 10.9. The molecular weight excluding hydrogens is 286 g/mol. The van der Waals surface area contributed by atoms with Gasteiger partial charge in [0.25, 0.3) is 5.91 Å². The van der Waals surface area contributed by atoms with Crippen LogP contribution < -0.4 is 11.1 Å². The van der Waals surface area contributed by atoms with Gasteiger partial charge >= 0.3 is 0 Å². The van der Waals surface area contributed by atoms with Gasteiger partial charge in [0.15, 0.2) is 5.69 Å². The highest BCUT2D eigenvalue weighted by Crippen LogP contribution is 2.26. The van der Waals surface area contributed by atoms with Crippen LogP contribution in [0, 0.1) is 0 Å². The molecule has 0 fully saturated rings. The first-order chi connectivity index (χ1) is 10.2.